The average Bonchev–Trinajstić information content (AvgIpc) is 3.31. The number of hydrogen-bond acceptors (Lipinski definition) is 6. The fourth-order valence-electron chi connectivity index (χ4n) is 6.73. The number of carbonyl (C=O) groups is 5. The number of fused-ring (bicyclic) bond motifs is 1. The van der Waals surface area contributed by atoms with Crippen LogP contribution in [0.3, 0.4) is 0 Å². The number of halogens is 8. The van der Waals surface area contributed by atoms with Crippen molar-refractivity contribution in [1.29, 1.82) is 0 Å². The molecule has 1 aromatic rings. The molecule has 0 unspecified atom stereocenters. The van der Waals surface area contributed by atoms with Gasteiger partial charge in [-0.25, -0.2) is 8.78 Å². The highest BCUT2D eigenvalue weighted by molar-refractivity contribution is 5.97. The van der Waals surface area contributed by atoms with Crippen molar-refractivity contribution in [3.8, 4) is 5.75 Å². The minimum atomic E-state index is -5.62. The molecule has 2 saturated heterocycles. The molecule has 18 heteroatoms. The molecule has 0 aromatic heterocycles. The van der Waals surface area contributed by atoms with E-state index < -0.39 is 119 Å². The van der Waals surface area contributed by atoms with Gasteiger partial charge in [0.05, 0.1) is 12.0 Å². The number of piperidine rings is 1. The Labute approximate surface area is 269 Å². The van der Waals surface area contributed by atoms with Gasteiger partial charge in [0.2, 0.25) is 17.7 Å². The number of carbonyl (C=O) groups excluding carboxylic acids is 5. The third-order valence-corrected chi connectivity index (χ3v) is 9.48. The lowest BCUT2D eigenvalue weighted by molar-refractivity contribution is -0.195. The van der Waals surface area contributed by atoms with Crippen LogP contribution in [-0.2, 0) is 24.0 Å². The van der Waals surface area contributed by atoms with E-state index in [-0.39, 0.29) is 25.9 Å². The monoisotopic (exact) mass is 698 g/mol. The number of nitrogens with one attached hydrogen (secondary N) is 3. The molecule has 0 bridgehead atoms. The second-order valence-electron chi connectivity index (χ2n) is 12.8. The Bertz CT molecular complexity index is 1450. The second kappa shape index (κ2) is 13.5. The Hall–Kier alpha value is -3.99. The molecule has 1 aliphatic carbocycles. The van der Waals surface area contributed by atoms with E-state index in [1.165, 1.54) is 5.32 Å². The largest absolute Gasteiger partial charge is 0.483 e. The molecule has 1 aromatic carbocycles. The van der Waals surface area contributed by atoms with E-state index in [1.807, 2.05) is 0 Å². The van der Waals surface area contributed by atoms with Crippen LogP contribution >= 0.6 is 0 Å². The van der Waals surface area contributed by atoms with Crippen LogP contribution in [0.1, 0.15) is 40.0 Å². The molecule has 3 N–H and O–H groups in total. The van der Waals surface area contributed by atoms with Crippen LogP contribution < -0.4 is 20.7 Å². The summed E-state index contributed by atoms with van der Waals surface area (Å²) in [7, 11) is 0. The Morgan fingerprint density at radius 3 is 2.29 bits per heavy atom. The van der Waals surface area contributed by atoms with Gasteiger partial charge in [-0.05, 0) is 48.6 Å². The average molecular weight is 699 g/mol. The fraction of sp³-hybridized carbons (Fsp3) is 0.633. The van der Waals surface area contributed by atoms with Crippen molar-refractivity contribution in [3.05, 3.63) is 29.8 Å². The standard InChI is InChI=1S/C30H34F8N4O6/c1-4-15(29(33,34)35)22(41-27(47)30(36,37)38)26(46)42-11-16-21(28(16,2)3)23(42)25(45)40-18(9-13-7-8-39-24(13)44)19(43)12-48-20-6-5-14(31)10-17(20)32/h5-6,10,13,15-16,18,21-23H,4,7-9,11-12H2,1-3H3,(H,39,44)(H,40,45)(H,41,47)/t13-,15+,16-,18-,21-,22-,23-/m0/s1. The quantitative estimate of drug-likeness (QED) is 0.288. The Morgan fingerprint density at radius 1 is 1.08 bits per heavy atom. The Kier molecular flexibility index (Phi) is 10.4. The molecule has 1 saturated carbocycles. The molecule has 0 spiro atoms. The van der Waals surface area contributed by atoms with Crippen LogP contribution in [0.25, 0.3) is 0 Å². The molecule has 3 fully saturated rings. The highest BCUT2D eigenvalue weighted by Gasteiger charge is 2.70. The molecule has 4 rings (SSSR count). The first-order valence-corrected chi connectivity index (χ1v) is 15.1. The summed E-state index contributed by atoms with van der Waals surface area (Å²) in [5, 5.41) is 6.18. The zero-order valence-electron chi connectivity index (χ0n) is 25.9. The Balaban J connectivity index is 1.61. The minimum Gasteiger partial charge on any atom is -0.483 e. The predicted molar refractivity (Wildman–Crippen MR) is 149 cm³/mol. The normalized spacial score (nSPS) is 25.0. The lowest BCUT2D eigenvalue weighted by Gasteiger charge is -2.36. The second-order valence-corrected chi connectivity index (χ2v) is 12.8. The number of alkyl halides is 6. The maximum Gasteiger partial charge on any atom is 0.471 e. The molecular weight excluding hydrogens is 664 g/mol. The number of benzene rings is 1. The molecule has 4 amide bonds. The lowest BCUT2D eigenvalue weighted by atomic mass is 9.92. The van der Waals surface area contributed by atoms with Gasteiger partial charge < -0.3 is 25.6 Å². The first-order valence-electron chi connectivity index (χ1n) is 15.1. The summed E-state index contributed by atoms with van der Waals surface area (Å²) in [6.07, 6.45) is -11.7. The SMILES string of the molecule is CC[C@H]([C@H](NC(=O)C(F)(F)F)C(=O)N1C[C@H]2[C@@H]([C@H]1C(=O)N[C@@H](C[C@@H]1CCNC1=O)C(=O)COc1ccc(F)cc1F)C2(C)C)C(F)(F)F. The van der Waals surface area contributed by atoms with Crippen LogP contribution in [-0.4, -0.2) is 84.5 Å². The van der Waals surface area contributed by atoms with E-state index in [4.69, 9.17) is 4.74 Å². The van der Waals surface area contributed by atoms with Crippen molar-refractivity contribution in [1.82, 2.24) is 20.9 Å². The van der Waals surface area contributed by atoms with Gasteiger partial charge in [0, 0.05) is 25.1 Å². The van der Waals surface area contributed by atoms with E-state index in [0.29, 0.717) is 11.0 Å². The Morgan fingerprint density at radius 2 is 1.75 bits per heavy atom. The van der Waals surface area contributed by atoms with Crippen LogP contribution in [0.15, 0.2) is 18.2 Å². The zero-order chi connectivity index (χ0) is 35.9. The molecule has 266 valence electrons. The van der Waals surface area contributed by atoms with E-state index >= 15 is 0 Å². The third-order valence-electron chi connectivity index (χ3n) is 9.48. The molecule has 7 atom stereocenters. The van der Waals surface area contributed by atoms with Gasteiger partial charge in [-0.3, -0.25) is 24.0 Å². The number of amides is 4. The number of likely N-dealkylation sites (tertiary alicyclic amines) is 1. The van der Waals surface area contributed by atoms with Crippen LogP contribution in [0.2, 0.25) is 0 Å². The van der Waals surface area contributed by atoms with Crippen molar-refractivity contribution in [2.45, 2.75) is 70.5 Å². The molecule has 2 aliphatic heterocycles. The molecular formula is C30H34F8N4O6. The topological polar surface area (TPSA) is 134 Å². The molecule has 0 radical (unpaired) electrons. The third kappa shape index (κ3) is 7.66. The number of hydrogen-bond donors (Lipinski definition) is 3. The van der Waals surface area contributed by atoms with Gasteiger partial charge in [0.15, 0.2) is 17.3 Å². The van der Waals surface area contributed by atoms with Gasteiger partial charge >= 0.3 is 18.3 Å². The maximum absolute atomic E-state index is 14.1. The lowest BCUT2D eigenvalue weighted by Crippen LogP contribution is -2.61. The first-order chi connectivity index (χ1) is 22.2. The van der Waals surface area contributed by atoms with Gasteiger partial charge in [-0.15, -0.1) is 0 Å². The number of nitrogens with zero attached hydrogens (tertiary/aromatic N) is 1. The first kappa shape index (κ1) is 36.8. The molecule has 48 heavy (non-hydrogen) atoms. The highest BCUT2D eigenvalue weighted by atomic mass is 19.4. The summed E-state index contributed by atoms with van der Waals surface area (Å²) >= 11 is 0. The predicted octanol–water partition coefficient (Wildman–Crippen LogP) is 3.04. The summed E-state index contributed by atoms with van der Waals surface area (Å²) in [5.74, 6) is -13.8. The molecule has 10 nitrogen and oxygen atoms in total. The highest BCUT2D eigenvalue weighted by Crippen LogP contribution is 2.65. The van der Waals surface area contributed by atoms with Gasteiger partial charge in [-0.1, -0.05) is 20.8 Å². The zero-order valence-corrected chi connectivity index (χ0v) is 25.9. The smallest absolute Gasteiger partial charge is 0.471 e. The molecule has 3 aliphatic rings. The van der Waals surface area contributed by atoms with Crippen molar-refractivity contribution in [3.63, 3.8) is 0 Å². The minimum absolute atomic E-state index is 0.265. The summed E-state index contributed by atoms with van der Waals surface area (Å²) in [6.45, 7) is 3.49. The van der Waals surface area contributed by atoms with Crippen LogP contribution in [0.4, 0.5) is 35.1 Å². The summed E-state index contributed by atoms with van der Waals surface area (Å²) in [4.78, 5) is 65.6. The number of Topliss-reactive ketones (excluding diaryl/α,β-unsaturated/α-hetero) is 1. The number of ether oxygens (including phenoxy) is 1. The summed E-state index contributed by atoms with van der Waals surface area (Å²) in [6, 6.07) is -3.47. The van der Waals surface area contributed by atoms with Gasteiger partial charge in [0.1, 0.15) is 24.5 Å². The van der Waals surface area contributed by atoms with Gasteiger partial charge in [-0.2, -0.15) is 26.3 Å². The molecule has 2 heterocycles. The van der Waals surface area contributed by atoms with Crippen molar-refractivity contribution in [2.75, 3.05) is 19.7 Å². The van der Waals surface area contributed by atoms with E-state index in [9.17, 15) is 59.1 Å². The summed E-state index contributed by atoms with van der Waals surface area (Å²) in [5.41, 5.74) is -0.633. The van der Waals surface area contributed by atoms with Crippen molar-refractivity contribution < 1.29 is 63.8 Å². The number of ketones is 1. The van der Waals surface area contributed by atoms with Crippen molar-refractivity contribution >= 4 is 29.4 Å². The van der Waals surface area contributed by atoms with Crippen LogP contribution in [0.5, 0.6) is 5.75 Å². The van der Waals surface area contributed by atoms with E-state index in [0.717, 1.165) is 19.1 Å². The van der Waals surface area contributed by atoms with Crippen molar-refractivity contribution in [2.24, 2.45) is 29.1 Å². The van der Waals surface area contributed by atoms with E-state index in [2.05, 4.69) is 10.6 Å². The summed E-state index contributed by atoms with van der Waals surface area (Å²) < 4.78 is 114. The van der Waals surface area contributed by atoms with Gasteiger partial charge in [0.25, 0.3) is 0 Å². The maximum atomic E-state index is 14.1. The van der Waals surface area contributed by atoms with E-state index in [1.54, 1.807) is 13.8 Å². The van der Waals surface area contributed by atoms with Crippen LogP contribution in [0, 0.1) is 40.7 Å². The number of rotatable bonds is 12. The fourth-order valence-corrected chi connectivity index (χ4v) is 6.73.